The van der Waals surface area contributed by atoms with Crippen LogP contribution in [-0.4, -0.2) is 53.7 Å². The number of fused-ring (bicyclic) bond motifs is 1. The number of ether oxygens (including phenoxy) is 1. The number of nitrogens with one attached hydrogen (secondary N) is 1. The van der Waals surface area contributed by atoms with Crippen molar-refractivity contribution in [2.45, 2.75) is 38.1 Å². The van der Waals surface area contributed by atoms with Gasteiger partial charge < -0.3 is 10.1 Å². The van der Waals surface area contributed by atoms with Crippen LogP contribution in [0.25, 0.3) is 11.0 Å². The minimum atomic E-state index is -3.07. The Hall–Kier alpha value is -2.65. The summed E-state index contributed by atoms with van der Waals surface area (Å²) in [5.74, 6) is 1.01. The van der Waals surface area contributed by atoms with E-state index in [4.69, 9.17) is 21.3 Å². The highest BCUT2D eigenvalue weighted by molar-refractivity contribution is 7.91. The molecule has 1 atom stereocenters. The Labute approximate surface area is 197 Å². The van der Waals surface area contributed by atoms with E-state index < -0.39 is 9.84 Å². The highest BCUT2D eigenvalue weighted by Gasteiger charge is 2.34. The summed E-state index contributed by atoms with van der Waals surface area (Å²) in [5.41, 5.74) is 2.67. The molecule has 2 aromatic heterocycles. The second-order valence-corrected chi connectivity index (χ2v) is 11.4. The van der Waals surface area contributed by atoms with Gasteiger partial charge in [0.25, 0.3) is 5.91 Å². The first-order valence-electron chi connectivity index (χ1n) is 11.1. The first kappa shape index (κ1) is 22.2. The molecule has 8 nitrogen and oxygen atoms in total. The summed E-state index contributed by atoms with van der Waals surface area (Å²) in [6.45, 7) is 2.48. The molecule has 0 spiro atoms. The van der Waals surface area contributed by atoms with E-state index in [1.54, 1.807) is 28.9 Å². The van der Waals surface area contributed by atoms with E-state index in [1.807, 2.05) is 13.0 Å². The van der Waals surface area contributed by atoms with Crippen LogP contribution in [0.2, 0.25) is 5.02 Å². The molecule has 2 aliphatic rings. The van der Waals surface area contributed by atoms with Crippen LogP contribution in [0.5, 0.6) is 5.75 Å². The number of aromatic nitrogens is 3. The number of amides is 1. The Morgan fingerprint density at radius 2 is 2.00 bits per heavy atom. The first-order chi connectivity index (χ1) is 15.8. The number of benzene rings is 1. The standard InChI is InChI=1S/C23H25ClN4O4S/c1-14-21-19(23(29)25-9-10-32-18-6-4-16(24)5-7-18)12-20(15-2-3-15)26-22(21)28(27-14)17-8-11-33(30,31)13-17/h4-7,12,15,17H,2-3,8-11,13H2,1H3,(H,25,29). The largest absolute Gasteiger partial charge is 0.492 e. The van der Waals surface area contributed by atoms with Gasteiger partial charge in [-0.1, -0.05) is 11.6 Å². The lowest BCUT2D eigenvalue weighted by Gasteiger charge is -2.12. The lowest BCUT2D eigenvalue weighted by Crippen LogP contribution is -2.28. The van der Waals surface area contributed by atoms with Crippen LogP contribution >= 0.6 is 11.6 Å². The van der Waals surface area contributed by atoms with Crippen LogP contribution in [0.15, 0.2) is 30.3 Å². The van der Waals surface area contributed by atoms with Crippen LogP contribution in [0.4, 0.5) is 0 Å². The van der Waals surface area contributed by atoms with Gasteiger partial charge in [0, 0.05) is 16.6 Å². The molecule has 1 unspecified atom stereocenters. The molecule has 33 heavy (non-hydrogen) atoms. The second kappa shape index (κ2) is 8.61. The Balaban J connectivity index is 1.38. The minimum absolute atomic E-state index is 0.0577. The van der Waals surface area contributed by atoms with Crippen molar-refractivity contribution in [2.24, 2.45) is 0 Å². The summed E-state index contributed by atoms with van der Waals surface area (Å²) in [6, 6.07) is 8.66. The van der Waals surface area contributed by atoms with Crippen molar-refractivity contribution in [1.29, 1.82) is 0 Å². The number of hydrogen-bond acceptors (Lipinski definition) is 6. The van der Waals surface area contributed by atoms with Crippen molar-refractivity contribution < 1.29 is 17.9 Å². The highest BCUT2D eigenvalue weighted by Crippen LogP contribution is 2.41. The van der Waals surface area contributed by atoms with Crippen LogP contribution in [0.3, 0.4) is 0 Å². The zero-order valence-electron chi connectivity index (χ0n) is 18.3. The molecule has 1 saturated carbocycles. The predicted molar refractivity (Wildman–Crippen MR) is 126 cm³/mol. The SMILES string of the molecule is Cc1nn(C2CCS(=O)(=O)C2)c2nc(C3CC3)cc(C(=O)NCCOc3ccc(Cl)cc3)c12. The summed E-state index contributed by atoms with van der Waals surface area (Å²) in [7, 11) is -3.07. The van der Waals surface area contributed by atoms with Gasteiger partial charge in [-0.25, -0.2) is 18.1 Å². The topological polar surface area (TPSA) is 103 Å². The van der Waals surface area contributed by atoms with Gasteiger partial charge in [0.05, 0.1) is 40.7 Å². The number of aryl methyl sites for hydroxylation is 1. The number of hydrogen-bond donors (Lipinski definition) is 1. The lowest BCUT2D eigenvalue weighted by molar-refractivity contribution is 0.0948. The van der Waals surface area contributed by atoms with Gasteiger partial charge in [0.2, 0.25) is 0 Å². The minimum Gasteiger partial charge on any atom is -0.492 e. The van der Waals surface area contributed by atoms with Crippen LogP contribution < -0.4 is 10.1 Å². The van der Waals surface area contributed by atoms with E-state index in [1.165, 1.54) is 0 Å². The smallest absolute Gasteiger partial charge is 0.252 e. The average molecular weight is 489 g/mol. The van der Waals surface area contributed by atoms with E-state index in [-0.39, 0.29) is 23.5 Å². The van der Waals surface area contributed by atoms with Gasteiger partial charge >= 0.3 is 0 Å². The number of carbonyl (C=O) groups is 1. The van der Waals surface area contributed by atoms with E-state index in [0.717, 1.165) is 18.5 Å². The van der Waals surface area contributed by atoms with E-state index in [2.05, 4.69) is 10.4 Å². The Morgan fingerprint density at radius 3 is 2.67 bits per heavy atom. The summed E-state index contributed by atoms with van der Waals surface area (Å²) >= 11 is 5.89. The van der Waals surface area contributed by atoms with Gasteiger partial charge in [-0.15, -0.1) is 0 Å². The molecular weight excluding hydrogens is 464 g/mol. The maximum atomic E-state index is 13.2. The molecule has 3 aromatic rings. The van der Waals surface area contributed by atoms with E-state index in [0.29, 0.717) is 58.6 Å². The number of rotatable bonds is 7. The molecule has 0 radical (unpaired) electrons. The van der Waals surface area contributed by atoms with Crippen LogP contribution in [-0.2, 0) is 9.84 Å². The average Bonchev–Trinajstić information content (AvgIpc) is 3.50. The van der Waals surface area contributed by atoms with Crippen molar-refractivity contribution >= 4 is 38.4 Å². The third kappa shape index (κ3) is 4.70. The Morgan fingerprint density at radius 1 is 1.24 bits per heavy atom. The molecule has 3 heterocycles. The zero-order valence-corrected chi connectivity index (χ0v) is 19.8. The number of sulfone groups is 1. The van der Waals surface area contributed by atoms with Crippen LogP contribution in [0.1, 0.15) is 53.0 Å². The maximum Gasteiger partial charge on any atom is 0.252 e. The van der Waals surface area contributed by atoms with E-state index in [9.17, 15) is 13.2 Å². The molecule has 1 N–H and O–H groups in total. The first-order valence-corrected chi connectivity index (χ1v) is 13.3. The zero-order chi connectivity index (χ0) is 23.2. The number of nitrogens with zero attached hydrogens (tertiary/aromatic N) is 3. The fourth-order valence-electron chi connectivity index (χ4n) is 4.28. The molecule has 1 aliphatic heterocycles. The molecular formula is C23H25ClN4O4S. The summed E-state index contributed by atoms with van der Waals surface area (Å²) < 4.78 is 31.5. The summed E-state index contributed by atoms with van der Waals surface area (Å²) in [6.07, 6.45) is 2.59. The molecule has 2 fully saturated rings. The van der Waals surface area contributed by atoms with Crippen molar-refractivity contribution in [1.82, 2.24) is 20.1 Å². The fraction of sp³-hybridized carbons (Fsp3) is 0.435. The maximum absolute atomic E-state index is 13.2. The molecule has 0 bridgehead atoms. The molecule has 1 amide bonds. The molecule has 5 rings (SSSR count). The third-order valence-corrected chi connectivity index (χ3v) is 8.12. The molecule has 174 valence electrons. The van der Waals surface area contributed by atoms with Gasteiger partial charge in [-0.2, -0.15) is 5.10 Å². The monoisotopic (exact) mass is 488 g/mol. The van der Waals surface area contributed by atoms with Crippen molar-refractivity contribution in [3.8, 4) is 5.75 Å². The van der Waals surface area contributed by atoms with Gasteiger partial charge in [0.15, 0.2) is 15.5 Å². The highest BCUT2D eigenvalue weighted by atomic mass is 35.5. The molecule has 1 aliphatic carbocycles. The Bertz CT molecular complexity index is 1320. The molecule has 10 heteroatoms. The second-order valence-electron chi connectivity index (χ2n) is 8.71. The fourth-order valence-corrected chi connectivity index (χ4v) is 6.10. The Kier molecular flexibility index (Phi) is 5.78. The summed E-state index contributed by atoms with van der Waals surface area (Å²) in [5, 5.41) is 8.86. The van der Waals surface area contributed by atoms with Crippen LogP contribution in [0, 0.1) is 6.92 Å². The number of halogens is 1. The van der Waals surface area contributed by atoms with Crippen molar-refractivity contribution in [3.05, 3.63) is 52.3 Å². The molecule has 1 saturated heterocycles. The van der Waals surface area contributed by atoms with E-state index >= 15 is 0 Å². The number of pyridine rings is 1. The normalized spacial score (nSPS) is 19.6. The molecule has 1 aromatic carbocycles. The summed E-state index contributed by atoms with van der Waals surface area (Å²) in [4.78, 5) is 18.0. The quantitative estimate of drug-likeness (QED) is 0.511. The lowest BCUT2D eigenvalue weighted by atomic mass is 10.1. The van der Waals surface area contributed by atoms with Gasteiger partial charge in [-0.05, 0) is 56.5 Å². The predicted octanol–water partition coefficient (Wildman–Crippen LogP) is 3.44. The third-order valence-electron chi connectivity index (χ3n) is 6.12. The number of carbonyl (C=O) groups excluding carboxylic acids is 1. The van der Waals surface area contributed by atoms with Gasteiger partial charge in [-0.3, -0.25) is 4.79 Å². The van der Waals surface area contributed by atoms with Crippen molar-refractivity contribution in [2.75, 3.05) is 24.7 Å². The van der Waals surface area contributed by atoms with Gasteiger partial charge in [0.1, 0.15) is 12.4 Å². The van der Waals surface area contributed by atoms with Crippen molar-refractivity contribution in [3.63, 3.8) is 0 Å².